The summed E-state index contributed by atoms with van der Waals surface area (Å²) in [5.74, 6) is 0.115. The van der Waals surface area contributed by atoms with Crippen molar-refractivity contribution in [2.75, 3.05) is 13.1 Å². The number of likely N-dealkylation sites (tertiary alicyclic amines) is 1. The van der Waals surface area contributed by atoms with Crippen molar-refractivity contribution in [3.63, 3.8) is 0 Å². The molecule has 0 aromatic heterocycles. The van der Waals surface area contributed by atoms with Crippen molar-refractivity contribution in [1.29, 1.82) is 0 Å². The topological polar surface area (TPSA) is 67.9 Å². The molecule has 0 saturated carbocycles. The highest BCUT2D eigenvalue weighted by Crippen LogP contribution is 2.33. The van der Waals surface area contributed by atoms with Crippen molar-refractivity contribution in [2.24, 2.45) is 0 Å². The molecule has 4 rings (SSSR count). The number of ether oxygens (including phenoxy) is 2. The highest BCUT2D eigenvalue weighted by Gasteiger charge is 2.35. The molecule has 1 saturated heterocycles. The van der Waals surface area contributed by atoms with Crippen LogP contribution >= 0.6 is 0 Å². The highest BCUT2D eigenvalue weighted by atomic mass is 19.1. The highest BCUT2D eigenvalue weighted by molar-refractivity contribution is 5.94. The summed E-state index contributed by atoms with van der Waals surface area (Å²) in [5, 5.41) is 3.00. The molecule has 0 aliphatic carbocycles. The van der Waals surface area contributed by atoms with Gasteiger partial charge in [0.15, 0.2) is 11.5 Å². The number of amides is 2. The Labute approximate surface area is 168 Å². The molecule has 2 atom stereocenters. The van der Waals surface area contributed by atoms with E-state index in [2.05, 4.69) is 5.32 Å². The minimum atomic E-state index is -0.733. The molecule has 6 nitrogen and oxygen atoms in total. The zero-order valence-corrected chi connectivity index (χ0v) is 16.1. The fraction of sp³-hybridized carbons (Fsp3) is 0.364. The number of hydrogen-bond donors (Lipinski definition) is 1. The lowest BCUT2D eigenvalue weighted by molar-refractivity contribution is -0.134. The second-order valence-electron chi connectivity index (χ2n) is 7.36. The van der Waals surface area contributed by atoms with Gasteiger partial charge in [-0.3, -0.25) is 9.59 Å². The van der Waals surface area contributed by atoms with Gasteiger partial charge >= 0.3 is 0 Å². The van der Waals surface area contributed by atoms with Gasteiger partial charge in [-0.2, -0.15) is 0 Å². The maximum Gasteiger partial charge on any atom is 0.265 e. The van der Waals surface area contributed by atoms with Crippen LogP contribution < -0.4 is 14.8 Å². The third-order valence-electron chi connectivity index (χ3n) is 5.33. The van der Waals surface area contributed by atoms with Crippen LogP contribution in [0.25, 0.3) is 0 Å². The first kappa shape index (κ1) is 19.2. The number of nitrogens with one attached hydrogen (secondary N) is 1. The van der Waals surface area contributed by atoms with E-state index in [1.807, 2.05) is 18.2 Å². The lowest BCUT2D eigenvalue weighted by Gasteiger charge is -2.35. The van der Waals surface area contributed by atoms with Crippen LogP contribution in [0.15, 0.2) is 48.5 Å². The Balaban J connectivity index is 1.32. The number of nitrogens with zero attached hydrogens (tertiary/aromatic N) is 1. The lowest BCUT2D eigenvalue weighted by atomic mass is 10.0. The molecule has 0 spiro atoms. The van der Waals surface area contributed by atoms with Gasteiger partial charge in [-0.1, -0.05) is 24.3 Å². The predicted octanol–water partition coefficient (Wildman–Crippen LogP) is 2.78. The Morgan fingerprint density at radius 3 is 2.31 bits per heavy atom. The molecule has 0 unspecified atom stereocenters. The van der Waals surface area contributed by atoms with Crippen molar-refractivity contribution < 1.29 is 23.5 Å². The van der Waals surface area contributed by atoms with E-state index in [-0.39, 0.29) is 23.4 Å². The van der Waals surface area contributed by atoms with E-state index in [0.29, 0.717) is 37.4 Å². The van der Waals surface area contributed by atoms with E-state index >= 15 is 0 Å². The Kier molecular flexibility index (Phi) is 5.38. The van der Waals surface area contributed by atoms with Crippen molar-refractivity contribution in [2.45, 2.75) is 38.0 Å². The zero-order chi connectivity index (χ0) is 20.4. The Bertz CT molecular complexity index is 911. The monoisotopic (exact) mass is 398 g/mol. The minimum absolute atomic E-state index is 0.0693. The summed E-state index contributed by atoms with van der Waals surface area (Å²) < 4.78 is 25.5. The van der Waals surface area contributed by atoms with Crippen molar-refractivity contribution in [1.82, 2.24) is 10.2 Å². The molecule has 1 fully saturated rings. The van der Waals surface area contributed by atoms with E-state index in [4.69, 9.17) is 9.47 Å². The zero-order valence-electron chi connectivity index (χ0n) is 16.1. The molecular weight excluding hydrogens is 375 g/mol. The van der Waals surface area contributed by atoms with Crippen LogP contribution in [-0.2, 0) is 4.79 Å². The largest absolute Gasteiger partial charge is 0.482 e. The number of hydrogen-bond acceptors (Lipinski definition) is 4. The predicted molar refractivity (Wildman–Crippen MR) is 104 cm³/mol. The van der Waals surface area contributed by atoms with Crippen LogP contribution in [0.2, 0.25) is 0 Å². The van der Waals surface area contributed by atoms with Gasteiger partial charge in [-0.15, -0.1) is 0 Å². The standard InChI is InChI=1S/C22H23FN2O4/c1-14-20(29-19-9-5-4-8-18(19)28-14)21(26)24-15-10-12-25(13-11-15)22(27)16-6-2-3-7-17(16)23/h2-9,14-15,20H,10-13H2,1H3,(H,24,26)/t14-,20-/m0/s1. The van der Waals surface area contributed by atoms with Crippen LogP contribution in [0.4, 0.5) is 4.39 Å². The van der Waals surface area contributed by atoms with Gasteiger partial charge in [0.1, 0.15) is 11.9 Å². The molecule has 29 heavy (non-hydrogen) atoms. The van der Waals surface area contributed by atoms with Crippen LogP contribution in [0.5, 0.6) is 11.5 Å². The summed E-state index contributed by atoms with van der Waals surface area (Å²) in [7, 11) is 0. The fourth-order valence-electron chi connectivity index (χ4n) is 3.72. The summed E-state index contributed by atoms with van der Waals surface area (Å²) in [5.41, 5.74) is 0.0789. The van der Waals surface area contributed by atoms with E-state index in [1.165, 1.54) is 12.1 Å². The molecule has 2 heterocycles. The third-order valence-corrected chi connectivity index (χ3v) is 5.33. The van der Waals surface area contributed by atoms with E-state index < -0.39 is 18.0 Å². The summed E-state index contributed by atoms with van der Waals surface area (Å²) in [6, 6.07) is 13.2. The minimum Gasteiger partial charge on any atom is -0.482 e. The van der Waals surface area contributed by atoms with Gasteiger partial charge in [0.25, 0.3) is 11.8 Å². The maximum absolute atomic E-state index is 13.9. The Morgan fingerprint density at radius 2 is 1.62 bits per heavy atom. The molecule has 2 aliphatic heterocycles. The number of halogens is 1. The van der Waals surface area contributed by atoms with Crippen LogP contribution in [0.1, 0.15) is 30.1 Å². The summed E-state index contributed by atoms with van der Waals surface area (Å²) >= 11 is 0. The molecule has 152 valence electrons. The Hall–Kier alpha value is -3.09. The van der Waals surface area contributed by atoms with Crippen molar-refractivity contribution >= 4 is 11.8 Å². The second kappa shape index (κ2) is 8.11. The molecule has 2 aliphatic rings. The van der Waals surface area contributed by atoms with Crippen LogP contribution in [0, 0.1) is 5.82 Å². The third kappa shape index (κ3) is 4.04. The molecular formula is C22H23FN2O4. The SMILES string of the molecule is C[C@@H]1Oc2ccccc2O[C@@H]1C(=O)NC1CCN(C(=O)c2ccccc2F)CC1. The summed E-state index contributed by atoms with van der Waals surface area (Å²) in [6.07, 6.45) is 0.0604. The summed E-state index contributed by atoms with van der Waals surface area (Å²) in [4.78, 5) is 26.9. The molecule has 2 amide bonds. The van der Waals surface area contributed by atoms with Crippen LogP contribution in [0.3, 0.4) is 0 Å². The molecule has 2 aromatic carbocycles. The van der Waals surface area contributed by atoms with Crippen molar-refractivity contribution in [3.8, 4) is 11.5 Å². The van der Waals surface area contributed by atoms with Gasteiger partial charge in [-0.05, 0) is 44.0 Å². The number of carbonyl (C=O) groups excluding carboxylic acids is 2. The normalized spacial score (nSPS) is 21.5. The summed E-state index contributed by atoms with van der Waals surface area (Å²) in [6.45, 7) is 2.72. The lowest BCUT2D eigenvalue weighted by Crippen LogP contribution is -2.54. The average molecular weight is 398 g/mol. The second-order valence-corrected chi connectivity index (χ2v) is 7.36. The van der Waals surface area contributed by atoms with Gasteiger partial charge < -0.3 is 19.7 Å². The number of carbonyl (C=O) groups is 2. The first-order chi connectivity index (χ1) is 14.0. The van der Waals surface area contributed by atoms with Gasteiger partial charge in [-0.25, -0.2) is 4.39 Å². The molecule has 7 heteroatoms. The number of benzene rings is 2. The fourth-order valence-corrected chi connectivity index (χ4v) is 3.72. The van der Waals surface area contributed by atoms with E-state index in [0.717, 1.165) is 0 Å². The quantitative estimate of drug-likeness (QED) is 0.863. The number of para-hydroxylation sites is 2. The van der Waals surface area contributed by atoms with Gasteiger partial charge in [0.2, 0.25) is 6.10 Å². The first-order valence-corrected chi connectivity index (χ1v) is 9.79. The molecule has 2 aromatic rings. The number of rotatable bonds is 3. The van der Waals surface area contributed by atoms with E-state index in [1.54, 1.807) is 30.0 Å². The van der Waals surface area contributed by atoms with Crippen LogP contribution in [-0.4, -0.2) is 48.1 Å². The smallest absolute Gasteiger partial charge is 0.265 e. The van der Waals surface area contributed by atoms with Gasteiger partial charge in [0.05, 0.1) is 5.56 Å². The molecule has 1 N–H and O–H groups in total. The number of piperidine rings is 1. The van der Waals surface area contributed by atoms with E-state index in [9.17, 15) is 14.0 Å². The van der Waals surface area contributed by atoms with Crippen molar-refractivity contribution in [3.05, 3.63) is 59.9 Å². The number of fused-ring (bicyclic) bond motifs is 1. The first-order valence-electron chi connectivity index (χ1n) is 9.79. The Morgan fingerprint density at radius 1 is 1.00 bits per heavy atom. The average Bonchev–Trinajstić information content (AvgIpc) is 2.73. The van der Waals surface area contributed by atoms with Gasteiger partial charge in [0, 0.05) is 19.1 Å². The molecule has 0 bridgehead atoms. The maximum atomic E-state index is 13.9. The molecule has 0 radical (unpaired) electrons.